The van der Waals surface area contributed by atoms with Crippen LogP contribution >= 0.6 is 0 Å². The summed E-state index contributed by atoms with van der Waals surface area (Å²) < 4.78 is 5.12. The highest BCUT2D eigenvalue weighted by Crippen LogP contribution is 2.23. The molecule has 0 unspecified atom stereocenters. The van der Waals surface area contributed by atoms with Crippen LogP contribution in [-0.4, -0.2) is 42.4 Å². The second-order valence-corrected chi connectivity index (χ2v) is 6.70. The minimum atomic E-state index is -1.29. The molecule has 1 aliphatic rings. The number of likely N-dealkylation sites (tertiary alicyclic amines) is 1. The van der Waals surface area contributed by atoms with Gasteiger partial charge in [-0.15, -0.1) is 0 Å². The smallest absolute Gasteiger partial charge is 0.252 e. The highest BCUT2D eigenvalue weighted by atomic mass is 16.5. The molecule has 0 aliphatic carbocycles. The molecule has 1 atom stereocenters. The largest absolute Gasteiger partial charge is 0.545 e. The van der Waals surface area contributed by atoms with Crippen LogP contribution in [-0.2, 0) is 16.0 Å². The number of methoxy groups -OCH3 is 1. The van der Waals surface area contributed by atoms with E-state index in [0.29, 0.717) is 18.7 Å². The lowest BCUT2D eigenvalue weighted by Crippen LogP contribution is -2.36. The van der Waals surface area contributed by atoms with E-state index in [2.05, 4.69) is 5.32 Å². The molecule has 1 heterocycles. The molecule has 1 aliphatic heterocycles. The Bertz CT molecular complexity index is 908. The SMILES string of the molecule is COc1ccc(CCN2C(=O)C[C@@H](Nc3cc(C(=O)[O-])ccc3C)C2=O)cc1. The fraction of sp³-hybridized carbons (Fsp3) is 0.286. The molecule has 2 amide bonds. The number of anilines is 1. The number of carbonyl (C=O) groups excluding carboxylic acids is 3. The molecule has 1 fully saturated rings. The molecule has 0 aromatic heterocycles. The first-order valence-electron chi connectivity index (χ1n) is 8.94. The van der Waals surface area contributed by atoms with Crippen LogP contribution in [0.4, 0.5) is 5.69 Å². The fourth-order valence-electron chi connectivity index (χ4n) is 3.16. The minimum absolute atomic E-state index is 0.0150. The number of aryl methyl sites for hydroxylation is 1. The second kappa shape index (κ2) is 8.12. The molecule has 1 N–H and O–H groups in total. The maximum Gasteiger partial charge on any atom is 0.252 e. The molecule has 0 saturated carbocycles. The van der Waals surface area contributed by atoms with Gasteiger partial charge in [0.2, 0.25) is 5.91 Å². The quantitative estimate of drug-likeness (QED) is 0.723. The number of hydrogen-bond acceptors (Lipinski definition) is 6. The number of nitrogens with zero attached hydrogens (tertiary/aromatic N) is 1. The summed E-state index contributed by atoms with van der Waals surface area (Å²) in [5.74, 6) is -1.10. The van der Waals surface area contributed by atoms with Gasteiger partial charge in [0.15, 0.2) is 0 Å². The summed E-state index contributed by atoms with van der Waals surface area (Å²) in [5.41, 5.74) is 2.29. The Hall–Kier alpha value is -3.35. The van der Waals surface area contributed by atoms with E-state index in [4.69, 9.17) is 4.74 Å². The molecule has 0 radical (unpaired) electrons. The number of carboxylic acid groups (broad SMARTS) is 1. The summed E-state index contributed by atoms with van der Waals surface area (Å²) >= 11 is 0. The molecule has 2 aromatic rings. The van der Waals surface area contributed by atoms with Gasteiger partial charge in [-0.3, -0.25) is 14.5 Å². The molecule has 0 bridgehead atoms. The van der Waals surface area contributed by atoms with Crippen LogP contribution in [0, 0.1) is 6.92 Å². The molecule has 146 valence electrons. The van der Waals surface area contributed by atoms with Crippen LogP contribution in [0.15, 0.2) is 42.5 Å². The zero-order chi connectivity index (χ0) is 20.3. The van der Waals surface area contributed by atoms with Crippen molar-refractivity contribution in [2.75, 3.05) is 19.0 Å². The minimum Gasteiger partial charge on any atom is -0.545 e. The third kappa shape index (κ3) is 4.14. The van der Waals surface area contributed by atoms with Gasteiger partial charge < -0.3 is 20.0 Å². The predicted octanol–water partition coefficient (Wildman–Crippen LogP) is 1.15. The first kappa shape index (κ1) is 19.4. The van der Waals surface area contributed by atoms with Crippen molar-refractivity contribution in [2.24, 2.45) is 0 Å². The Balaban J connectivity index is 1.66. The fourth-order valence-corrected chi connectivity index (χ4v) is 3.16. The molecule has 3 rings (SSSR count). The average Bonchev–Trinajstić information content (AvgIpc) is 2.95. The van der Waals surface area contributed by atoms with E-state index in [9.17, 15) is 19.5 Å². The van der Waals surface area contributed by atoms with E-state index < -0.39 is 12.0 Å². The van der Waals surface area contributed by atoms with Gasteiger partial charge in [-0.05, 0) is 48.2 Å². The van der Waals surface area contributed by atoms with Gasteiger partial charge >= 0.3 is 0 Å². The van der Waals surface area contributed by atoms with Crippen LogP contribution in [0.5, 0.6) is 5.75 Å². The molecule has 1 saturated heterocycles. The molecule has 7 nitrogen and oxygen atoms in total. The van der Waals surface area contributed by atoms with Gasteiger partial charge in [0, 0.05) is 12.2 Å². The second-order valence-electron chi connectivity index (χ2n) is 6.70. The Morgan fingerprint density at radius 2 is 1.93 bits per heavy atom. The van der Waals surface area contributed by atoms with Crippen LogP contribution in [0.3, 0.4) is 0 Å². The summed E-state index contributed by atoms with van der Waals surface area (Å²) in [6, 6.07) is 11.2. The van der Waals surface area contributed by atoms with E-state index in [1.807, 2.05) is 24.3 Å². The van der Waals surface area contributed by atoms with Crippen molar-refractivity contribution in [2.45, 2.75) is 25.8 Å². The van der Waals surface area contributed by atoms with Crippen molar-refractivity contribution in [3.8, 4) is 5.75 Å². The number of rotatable bonds is 7. The van der Waals surface area contributed by atoms with Crippen LogP contribution < -0.4 is 15.2 Å². The van der Waals surface area contributed by atoms with Gasteiger partial charge in [-0.2, -0.15) is 0 Å². The van der Waals surface area contributed by atoms with Crippen LogP contribution in [0.1, 0.15) is 27.9 Å². The van der Waals surface area contributed by atoms with Crippen molar-refractivity contribution < 1.29 is 24.2 Å². The lowest BCUT2D eigenvalue weighted by atomic mass is 10.1. The Morgan fingerprint density at radius 3 is 2.57 bits per heavy atom. The molecule has 28 heavy (non-hydrogen) atoms. The highest BCUT2D eigenvalue weighted by molar-refractivity contribution is 6.07. The van der Waals surface area contributed by atoms with E-state index in [-0.39, 0.29) is 23.8 Å². The number of hydrogen-bond donors (Lipinski definition) is 1. The maximum atomic E-state index is 12.7. The normalized spacial score (nSPS) is 16.4. The van der Waals surface area contributed by atoms with E-state index in [1.54, 1.807) is 20.1 Å². The zero-order valence-corrected chi connectivity index (χ0v) is 15.7. The van der Waals surface area contributed by atoms with Crippen molar-refractivity contribution in [1.82, 2.24) is 4.90 Å². The van der Waals surface area contributed by atoms with Crippen LogP contribution in [0.2, 0.25) is 0 Å². The first-order chi connectivity index (χ1) is 13.4. The number of imide groups is 1. The standard InChI is InChI=1S/C21H22N2O5/c1-13-3-6-15(21(26)27)11-17(13)22-18-12-19(24)23(20(18)25)10-9-14-4-7-16(28-2)8-5-14/h3-8,11,18,22H,9-10,12H2,1-2H3,(H,26,27)/p-1/t18-/m1/s1. The predicted molar refractivity (Wildman–Crippen MR) is 101 cm³/mol. The van der Waals surface area contributed by atoms with E-state index in [0.717, 1.165) is 16.9 Å². The van der Waals surface area contributed by atoms with Gasteiger partial charge in [0.1, 0.15) is 11.8 Å². The van der Waals surface area contributed by atoms with Gasteiger partial charge in [-0.25, -0.2) is 0 Å². The summed E-state index contributed by atoms with van der Waals surface area (Å²) in [7, 11) is 1.59. The lowest BCUT2D eigenvalue weighted by molar-refractivity contribution is -0.255. The van der Waals surface area contributed by atoms with Gasteiger partial charge in [-0.1, -0.05) is 24.3 Å². The number of nitrogens with one attached hydrogen (secondary N) is 1. The van der Waals surface area contributed by atoms with Crippen molar-refractivity contribution in [3.63, 3.8) is 0 Å². The Morgan fingerprint density at radius 1 is 1.21 bits per heavy atom. The topological polar surface area (TPSA) is 98.8 Å². The molecule has 0 spiro atoms. The first-order valence-corrected chi connectivity index (χ1v) is 8.94. The van der Waals surface area contributed by atoms with Gasteiger partial charge in [0.05, 0.1) is 19.5 Å². The average molecular weight is 381 g/mol. The van der Waals surface area contributed by atoms with Crippen molar-refractivity contribution in [3.05, 3.63) is 59.2 Å². The zero-order valence-electron chi connectivity index (χ0n) is 15.7. The summed E-state index contributed by atoms with van der Waals surface area (Å²) in [6.45, 7) is 2.09. The third-order valence-electron chi connectivity index (χ3n) is 4.83. The van der Waals surface area contributed by atoms with E-state index >= 15 is 0 Å². The van der Waals surface area contributed by atoms with Crippen LogP contribution in [0.25, 0.3) is 0 Å². The number of carbonyl (C=O) groups is 3. The number of amides is 2. The molecular weight excluding hydrogens is 360 g/mol. The lowest BCUT2D eigenvalue weighted by Gasteiger charge is -2.18. The summed E-state index contributed by atoms with van der Waals surface area (Å²) in [4.78, 5) is 37.3. The highest BCUT2D eigenvalue weighted by Gasteiger charge is 2.38. The third-order valence-corrected chi connectivity index (χ3v) is 4.83. The maximum absolute atomic E-state index is 12.7. The van der Waals surface area contributed by atoms with E-state index in [1.165, 1.54) is 17.0 Å². The number of aromatic carboxylic acids is 1. The molecule has 2 aromatic carbocycles. The number of ether oxygens (including phenoxy) is 1. The van der Waals surface area contributed by atoms with Crippen molar-refractivity contribution in [1.29, 1.82) is 0 Å². The molecule has 7 heteroatoms. The summed E-state index contributed by atoms with van der Waals surface area (Å²) in [6.07, 6.45) is 0.587. The number of benzene rings is 2. The number of carboxylic acids is 1. The molecular formula is C21H21N2O5-. The van der Waals surface area contributed by atoms with Gasteiger partial charge in [0.25, 0.3) is 5.91 Å². The van der Waals surface area contributed by atoms with Crippen molar-refractivity contribution >= 4 is 23.5 Å². The Labute approximate surface area is 162 Å². The monoisotopic (exact) mass is 381 g/mol. The Kier molecular flexibility index (Phi) is 5.63. The summed E-state index contributed by atoms with van der Waals surface area (Å²) in [5, 5.41) is 14.1.